The smallest absolute Gasteiger partial charge is 0.485 e. The Morgan fingerprint density at radius 1 is 0.684 bits per heavy atom. The number of pyridine rings is 1. The molecule has 0 N–H and O–H groups in total. The normalized spacial score (nSPS) is 12.0. The number of hydrogen-bond donors (Lipinski definition) is 0. The van der Waals surface area contributed by atoms with Crippen molar-refractivity contribution in [3.63, 3.8) is 0 Å². The molecule has 0 unspecified atom stereocenters. The van der Waals surface area contributed by atoms with Crippen LogP contribution in [0.3, 0.4) is 0 Å². The summed E-state index contributed by atoms with van der Waals surface area (Å²) in [5.41, 5.74) is 4.25. The van der Waals surface area contributed by atoms with Crippen LogP contribution in [0.5, 0.6) is 0 Å². The molecule has 9 heteroatoms. The monoisotopic (exact) mass is 534 g/mol. The summed E-state index contributed by atoms with van der Waals surface area (Å²) in [7, 11) is -3.92. The van der Waals surface area contributed by atoms with E-state index in [1.807, 2.05) is 0 Å². The number of fused-ring (bicyclic) bond motifs is 5. The van der Waals surface area contributed by atoms with E-state index in [2.05, 4.69) is 125 Å². The van der Waals surface area contributed by atoms with Crippen LogP contribution in [-0.4, -0.2) is 22.9 Å². The number of imidazole rings is 1. The summed E-state index contributed by atoms with van der Waals surface area (Å²) < 4.78 is 63.6. The van der Waals surface area contributed by atoms with Gasteiger partial charge in [0.15, 0.2) is 21.2 Å². The van der Waals surface area contributed by atoms with Crippen molar-refractivity contribution >= 4 is 37.7 Å². The fourth-order valence-corrected chi connectivity index (χ4v) is 4.75. The van der Waals surface area contributed by atoms with Crippen LogP contribution in [0, 0.1) is 0 Å². The van der Waals surface area contributed by atoms with Crippen molar-refractivity contribution < 1.29 is 30.7 Å². The molecule has 0 amide bonds. The van der Waals surface area contributed by atoms with Gasteiger partial charge in [0.05, 0.1) is 12.6 Å². The number of benzene rings is 4. The molecule has 0 radical (unpaired) electrons. The summed E-state index contributed by atoms with van der Waals surface area (Å²) in [6.45, 7) is 0. The van der Waals surface area contributed by atoms with Gasteiger partial charge in [-0.05, 0) is 29.3 Å². The van der Waals surface area contributed by atoms with Crippen molar-refractivity contribution in [3.8, 4) is 22.3 Å². The summed E-state index contributed by atoms with van der Waals surface area (Å²) in [6, 6.07) is 38.9. The second-order valence-electron chi connectivity index (χ2n) is 8.61. The van der Waals surface area contributed by atoms with E-state index in [4.69, 9.17) is 13.0 Å². The number of hydrogen-bond acceptors (Lipinski definition) is 3. The molecule has 0 aliphatic carbocycles. The minimum Gasteiger partial charge on any atom is -0.741 e. The van der Waals surface area contributed by atoms with Crippen molar-refractivity contribution in [1.29, 1.82) is 0 Å². The molecule has 2 aromatic heterocycles. The molecule has 0 fully saturated rings. The average molecular weight is 535 g/mol. The maximum Gasteiger partial charge on any atom is 0.485 e. The summed E-state index contributed by atoms with van der Waals surface area (Å²) in [5, 5.41) is 1.26. The zero-order valence-electron chi connectivity index (χ0n) is 20.1. The Morgan fingerprint density at radius 3 is 1.68 bits per heavy atom. The van der Waals surface area contributed by atoms with E-state index in [0.29, 0.717) is 0 Å². The number of halogens is 3. The van der Waals surface area contributed by atoms with Crippen LogP contribution >= 0.6 is 0 Å². The van der Waals surface area contributed by atoms with Gasteiger partial charge in [-0.3, -0.25) is 0 Å². The van der Waals surface area contributed by atoms with Crippen LogP contribution in [0.4, 0.5) is 13.2 Å². The minimum absolute atomic E-state index is 1.21. The van der Waals surface area contributed by atoms with Crippen molar-refractivity contribution in [2.24, 2.45) is 7.05 Å². The molecular formula is C29H21F3N2O3S. The van der Waals surface area contributed by atoms with Crippen LogP contribution in [0.15, 0.2) is 109 Å². The van der Waals surface area contributed by atoms with E-state index in [-0.39, 0.29) is 0 Å². The molecule has 6 aromatic rings. The Kier molecular flexibility index (Phi) is 6.42. The second-order valence-corrected chi connectivity index (χ2v) is 9.98. The highest BCUT2D eigenvalue weighted by atomic mass is 32.2. The quantitative estimate of drug-likeness (QED) is 0.146. The number of nitrogens with zero attached hydrogens (tertiary/aromatic N) is 2. The number of aryl methyl sites for hydroxylation is 1. The lowest BCUT2D eigenvalue weighted by atomic mass is 9.92. The highest BCUT2D eigenvalue weighted by molar-refractivity contribution is 7.86. The highest BCUT2D eigenvalue weighted by Gasteiger charge is 2.37. The van der Waals surface area contributed by atoms with Crippen molar-refractivity contribution in [3.05, 3.63) is 109 Å². The Hall–Kier alpha value is -4.21. The fourth-order valence-electron chi connectivity index (χ4n) is 4.75. The fraction of sp³-hybridized carbons (Fsp3) is 0.0690. The molecule has 0 aliphatic rings. The van der Waals surface area contributed by atoms with E-state index in [0.717, 1.165) is 0 Å². The van der Waals surface area contributed by atoms with Crippen LogP contribution in [0.25, 0.3) is 49.8 Å². The molecule has 6 rings (SSSR count). The van der Waals surface area contributed by atoms with Gasteiger partial charge in [0.2, 0.25) is 0 Å². The molecule has 192 valence electrons. The van der Waals surface area contributed by atoms with Crippen molar-refractivity contribution in [2.45, 2.75) is 5.51 Å². The lowest BCUT2D eigenvalue weighted by Gasteiger charge is -2.14. The maximum absolute atomic E-state index is 10.7. The highest BCUT2D eigenvalue weighted by Crippen LogP contribution is 2.41. The molecule has 0 bridgehead atoms. The summed E-state index contributed by atoms with van der Waals surface area (Å²) >= 11 is 0. The van der Waals surface area contributed by atoms with Gasteiger partial charge in [0.25, 0.3) is 5.65 Å². The molecule has 5 nitrogen and oxygen atoms in total. The molecule has 38 heavy (non-hydrogen) atoms. The van der Waals surface area contributed by atoms with Gasteiger partial charge in [-0.25, -0.2) is 13.0 Å². The molecule has 2 heterocycles. The first kappa shape index (κ1) is 25.4. The Morgan fingerprint density at radius 2 is 1.13 bits per heavy atom. The van der Waals surface area contributed by atoms with E-state index in [9.17, 15) is 13.2 Å². The van der Waals surface area contributed by atoms with Gasteiger partial charge >= 0.3 is 5.51 Å². The Balaban J connectivity index is 0.000000323. The zero-order chi connectivity index (χ0) is 27.1. The molecule has 0 saturated carbocycles. The van der Waals surface area contributed by atoms with Gasteiger partial charge in [-0.2, -0.15) is 17.6 Å². The maximum atomic E-state index is 10.7. The largest absolute Gasteiger partial charge is 0.741 e. The molecule has 0 saturated heterocycles. The van der Waals surface area contributed by atoms with Gasteiger partial charge in [-0.1, -0.05) is 91.0 Å². The standard InChI is InChI=1S/C28H21N2.CHF3O3S/c1-29-24-18-10-11-19-25(24)30-23-17-9-8-16-22(23)26(20-12-4-2-5-13-20)27(28(29)30)21-14-6-3-7-15-21;2-1(3,4)8(5,6)7/h2-19H,1H3;(H,5,6,7)/q+1;/p-1. The van der Waals surface area contributed by atoms with Crippen LogP contribution in [0.1, 0.15) is 0 Å². The predicted molar refractivity (Wildman–Crippen MR) is 140 cm³/mol. The van der Waals surface area contributed by atoms with Crippen LogP contribution < -0.4 is 4.57 Å². The zero-order valence-corrected chi connectivity index (χ0v) is 20.9. The third-order valence-corrected chi connectivity index (χ3v) is 6.88. The molecule has 0 aliphatic heterocycles. The number of alkyl halides is 3. The van der Waals surface area contributed by atoms with E-state index in [1.165, 1.54) is 49.8 Å². The summed E-state index contributed by atoms with van der Waals surface area (Å²) in [6.07, 6.45) is 0. The Bertz CT molecular complexity index is 1880. The summed E-state index contributed by atoms with van der Waals surface area (Å²) in [5.74, 6) is 0. The average Bonchev–Trinajstić information content (AvgIpc) is 3.21. The van der Waals surface area contributed by atoms with Gasteiger partial charge in [-0.15, -0.1) is 0 Å². The van der Waals surface area contributed by atoms with E-state index >= 15 is 0 Å². The number of para-hydroxylation sites is 3. The topological polar surface area (TPSA) is 65.5 Å². The van der Waals surface area contributed by atoms with Gasteiger partial charge in [0, 0.05) is 10.9 Å². The van der Waals surface area contributed by atoms with Crippen molar-refractivity contribution in [2.75, 3.05) is 0 Å². The van der Waals surface area contributed by atoms with Gasteiger partial charge < -0.3 is 4.55 Å². The third-order valence-electron chi connectivity index (χ3n) is 6.31. The third kappa shape index (κ3) is 4.40. The minimum atomic E-state index is -6.09. The Labute approximate surface area is 216 Å². The molecule has 0 spiro atoms. The predicted octanol–water partition coefficient (Wildman–Crippen LogP) is 6.46. The SMILES string of the molecule is C[n+]1c2ccccc2n2c3ccccc3c(-c3ccccc3)c(-c3ccccc3)c21.O=S(=O)([O-])C(F)(F)F. The number of aromatic nitrogens is 2. The first-order chi connectivity index (χ1) is 18.1. The lowest BCUT2D eigenvalue weighted by Crippen LogP contribution is -2.28. The molecule has 4 aromatic carbocycles. The van der Waals surface area contributed by atoms with Gasteiger partial charge in [0.1, 0.15) is 5.52 Å². The first-order valence-electron chi connectivity index (χ1n) is 11.6. The second kappa shape index (κ2) is 9.59. The summed E-state index contributed by atoms with van der Waals surface area (Å²) in [4.78, 5) is 0. The molecule has 0 atom stereocenters. The molecular weight excluding hydrogens is 513 g/mol. The van der Waals surface area contributed by atoms with E-state index < -0.39 is 15.6 Å². The number of rotatable bonds is 2. The van der Waals surface area contributed by atoms with Crippen LogP contribution in [-0.2, 0) is 17.2 Å². The van der Waals surface area contributed by atoms with Crippen LogP contribution in [0.2, 0.25) is 0 Å². The van der Waals surface area contributed by atoms with Crippen molar-refractivity contribution in [1.82, 2.24) is 4.40 Å². The first-order valence-corrected chi connectivity index (χ1v) is 13.0. The van der Waals surface area contributed by atoms with E-state index in [1.54, 1.807) is 0 Å². The lowest BCUT2D eigenvalue weighted by molar-refractivity contribution is -0.617.